The van der Waals surface area contributed by atoms with Crippen molar-refractivity contribution in [3.63, 3.8) is 0 Å². The van der Waals surface area contributed by atoms with Gasteiger partial charge in [0, 0.05) is 25.6 Å². The van der Waals surface area contributed by atoms with Crippen LogP contribution in [-0.2, 0) is 23.0 Å². The molecule has 2 aromatic carbocycles. The number of nitrogens with zero attached hydrogens (tertiary/aromatic N) is 4. The zero-order chi connectivity index (χ0) is 21.8. The fraction of sp³-hybridized carbons (Fsp3) is 0.364. The zero-order valence-corrected chi connectivity index (χ0v) is 18.5. The highest BCUT2D eigenvalue weighted by molar-refractivity contribution is 7.89. The maximum Gasteiger partial charge on any atom is 0.246 e. The molecule has 0 saturated carbocycles. The first-order chi connectivity index (χ1) is 15.0. The largest absolute Gasteiger partial charge is 0.497 e. The van der Waals surface area contributed by atoms with Crippen LogP contribution in [0.5, 0.6) is 11.5 Å². The molecule has 0 aliphatic carbocycles. The topological polar surface area (TPSA) is 86.6 Å². The minimum absolute atomic E-state index is 0.127. The molecule has 1 aliphatic rings. The summed E-state index contributed by atoms with van der Waals surface area (Å²) >= 11 is 0. The van der Waals surface area contributed by atoms with Gasteiger partial charge in [0.15, 0.2) is 0 Å². The lowest BCUT2D eigenvalue weighted by Gasteiger charge is -2.19. The van der Waals surface area contributed by atoms with Gasteiger partial charge >= 0.3 is 0 Å². The molecule has 164 valence electrons. The number of ether oxygens (including phenoxy) is 2. The molecule has 0 bridgehead atoms. The molecule has 8 nitrogen and oxygen atoms in total. The SMILES string of the molecule is COc1ccc(OC)c(S(=O)(=O)N2CCC(Cc3nncn3Cc3ccccc3)C2)c1. The van der Waals surface area contributed by atoms with E-state index in [0.29, 0.717) is 37.6 Å². The van der Waals surface area contributed by atoms with Gasteiger partial charge in [0.1, 0.15) is 28.5 Å². The first-order valence-corrected chi connectivity index (χ1v) is 11.6. The van der Waals surface area contributed by atoms with Crippen molar-refractivity contribution in [3.8, 4) is 11.5 Å². The molecule has 1 unspecified atom stereocenters. The summed E-state index contributed by atoms with van der Waals surface area (Å²) in [4.78, 5) is 0.127. The van der Waals surface area contributed by atoms with Gasteiger partial charge in [-0.05, 0) is 30.0 Å². The Kier molecular flexibility index (Phi) is 6.24. The highest BCUT2D eigenvalue weighted by Gasteiger charge is 2.35. The molecule has 4 rings (SSSR count). The van der Waals surface area contributed by atoms with Gasteiger partial charge < -0.3 is 14.0 Å². The number of hydrogen-bond acceptors (Lipinski definition) is 6. The third-order valence-electron chi connectivity index (χ3n) is 5.60. The second-order valence-corrected chi connectivity index (χ2v) is 9.51. The molecule has 1 atom stereocenters. The lowest BCUT2D eigenvalue weighted by atomic mass is 10.0. The number of hydrogen-bond donors (Lipinski definition) is 0. The van der Waals surface area contributed by atoms with Crippen LogP contribution in [0.2, 0.25) is 0 Å². The van der Waals surface area contributed by atoms with E-state index in [9.17, 15) is 8.42 Å². The minimum atomic E-state index is -3.70. The van der Waals surface area contributed by atoms with Gasteiger partial charge in [0.05, 0.1) is 20.8 Å². The van der Waals surface area contributed by atoms with Gasteiger partial charge in [-0.2, -0.15) is 4.31 Å². The molecule has 0 radical (unpaired) electrons. The van der Waals surface area contributed by atoms with E-state index in [0.717, 1.165) is 12.2 Å². The maximum absolute atomic E-state index is 13.3. The average Bonchev–Trinajstić information content (AvgIpc) is 3.44. The Balaban J connectivity index is 1.48. The van der Waals surface area contributed by atoms with Crippen LogP contribution in [0.3, 0.4) is 0 Å². The summed E-state index contributed by atoms with van der Waals surface area (Å²) < 4.78 is 40.6. The fourth-order valence-electron chi connectivity index (χ4n) is 3.91. The number of methoxy groups -OCH3 is 2. The molecule has 1 aliphatic heterocycles. The summed E-state index contributed by atoms with van der Waals surface area (Å²) in [6, 6.07) is 14.9. The van der Waals surface area contributed by atoms with Gasteiger partial charge in [-0.15, -0.1) is 10.2 Å². The molecule has 31 heavy (non-hydrogen) atoms. The molecule has 1 fully saturated rings. The Hall–Kier alpha value is -2.91. The summed E-state index contributed by atoms with van der Waals surface area (Å²) in [5.41, 5.74) is 1.17. The van der Waals surface area contributed by atoms with Crippen LogP contribution in [0.25, 0.3) is 0 Å². The summed E-state index contributed by atoms with van der Waals surface area (Å²) in [6.45, 7) is 1.58. The molecule has 3 aromatic rings. The summed E-state index contributed by atoms with van der Waals surface area (Å²) in [6.07, 6.45) is 3.17. The predicted octanol–water partition coefficient (Wildman–Crippen LogP) is 2.60. The standard InChI is InChI=1S/C22H26N4O4S/c1-29-19-8-9-20(30-2)21(13-19)31(27,28)26-11-10-18(15-26)12-22-24-23-16-25(22)14-17-6-4-3-5-7-17/h3-9,13,16,18H,10-12,14-15H2,1-2H3. The van der Waals surface area contributed by atoms with E-state index >= 15 is 0 Å². The number of sulfonamides is 1. The second kappa shape index (κ2) is 9.07. The van der Waals surface area contributed by atoms with Crippen molar-refractivity contribution >= 4 is 10.0 Å². The summed E-state index contributed by atoms with van der Waals surface area (Å²) in [5, 5.41) is 8.35. The maximum atomic E-state index is 13.3. The van der Waals surface area contributed by atoms with Crippen LogP contribution < -0.4 is 9.47 Å². The van der Waals surface area contributed by atoms with Crippen molar-refractivity contribution in [1.82, 2.24) is 19.1 Å². The van der Waals surface area contributed by atoms with Gasteiger partial charge in [0.25, 0.3) is 0 Å². The van der Waals surface area contributed by atoms with Gasteiger partial charge in [-0.25, -0.2) is 8.42 Å². The van der Waals surface area contributed by atoms with Gasteiger partial charge in [-0.3, -0.25) is 0 Å². The minimum Gasteiger partial charge on any atom is -0.497 e. The van der Waals surface area contributed by atoms with E-state index in [1.54, 1.807) is 18.5 Å². The third-order valence-corrected chi connectivity index (χ3v) is 7.49. The van der Waals surface area contributed by atoms with Gasteiger partial charge in [0.2, 0.25) is 10.0 Å². The molecular formula is C22H26N4O4S. The summed E-state index contributed by atoms with van der Waals surface area (Å²) in [7, 11) is -0.724. The molecule has 0 amide bonds. The number of benzene rings is 2. The molecular weight excluding hydrogens is 416 g/mol. The fourth-order valence-corrected chi connectivity index (χ4v) is 5.62. The van der Waals surface area contributed by atoms with E-state index in [1.807, 2.05) is 22.8 Å². The highest BCUT2D eigenvalue weighted by atomic mass is 32.2. The van der Waals surface area contributed by atoms with Crippen molar-refractivity contribution in [2.45, 2.75) is 24.3 Å². The van der Waals surface area contributed by atoms with E-state index < -0.39 is 10.0 Å². The van der Waals surface area contributed by atoms with Crippen LogP contribution in [0.15, 0.2) is 59.8 Å². The Morgan fingerprint density at radius 1 is 1.10 bits per heavy atom. The predicted molar refractivity (Wildman–Crippen MR) is 116 cm³/mol. The molecule has 9 heteroatoms. The lowest BCUT2D eigenvalue weighted by Crippen LogP contribution is -2.29. The first-order valence-electron chi connectivity index (χ1n) is 10.1. The van der Waals surface area contributed by atoms with Crippen LogP contribution in [-0.4, -0.2) is 54.8 Å². The van der Waals surface area contributed by atoms with Crippen molar-refractivity contribution in [1.29, 1.82) is 0 Å². The third kappa shape index (κ3) is 4.57. The second-order valence-electron chi connectivity index (χ2n) is 7.60. The quantitative estimate of drug-likeness (QED) is 0.533. The van der Waals surface area contributed by atoms with E-state index in [-0.39, 0.29) is 10.8 Å². The van der Waals surface area contributed by atoms with Crippen LogP contribution in [0.1, 0.15) is 17.8 Å². The smallest absolute Gasteiger partial charge is 0.246 e. The molecule has 2 heterocycles. The normalized spacial score (nSPS) is 17.0. The molecule has 0 spiro atoms. The van der Waals surface area contributed by atoms with Crippen molar-refractivity contribution in [3.05, 3.63) is 66.2 Å². The molecule has 1 aromatic heterocycles. The average molecular weight is 443 g/mol. The monoisotopic (exact) mass is 442 g/mol. The zero-order valence-electron chi connectivity index (χ0n) is 17.6. The Labute approximate surface area is 182 Å². The van der Waals surface area contributed by atoms with Crippen molar-refractivity contribution in [2.24, 2.45) is 5.92 Å². The van der Waals surface area contributed by atoms with E-state index in [2.05, 4.69) is 22.3 Å². The van der Waals surface area contributed by atoms with E-state index in [4.69, 9.17) is 9.47 Å². The summed E-state index contributed by atoms with van der Waals surface area (Å²) in [5.74, 6) is 1.83. The number of aromatic nitrogens is 3. The van der Waals surface area contributed by atoms with Gasteiger partial charge in [-0.1, -0.05) is 30.3 Å². The highest BCUT2D eigenvalue weighted by Crippen LogP contribution is 2.33. The number of rotatable bonds is 8. The molecule has 0 N–H and O–H groups in total. The van der Waals surface area contributed by atoms with Crippen molar-refractivity contribution in [2.75, 3.05) is 27.3 Å². The Bertz CT molecular complexity index is 1130. The van der Waals surface area contributed by atoms with Crippen LogP contribution in [0.4, 0.5) is 0 Å². The van der Waals surface area contributed by atoms with Crippen molar-refractivity contribution < 1.29 is 17.9 Å². The van der Waals surface area contributed by atoms with Crippen LogP contribution in [0, 0.1) is 5.92 Å². The van der Waals surface area contributed by atoms with E-state index in [1.165, 1.54) is 30.2 Å². The first kappa shape index (κ1) is 21.3. The Morgan fingerprint density at radius 2 is 1.90 bits per heavy atom. The van der Waals surface area contributed by atoms with Crippen LogP contribution >= 0.6 is 0 Å². The molecule has 1 saturated heterocycles. The lowest BCUT2D eigenvalue weighted by molar-refractivity contribution is 0.387. The Morgan fingerprint density at radius 3 is 2.65 bits per heavy atom.